The number of rotatable bonds is 7. The Hall–Kier alpha value is -3.71. The molecule has 0 fully saturated rings. The maximum atomic E-state index is 14.4. The van der Waals surface area contributed by atoms with Crippen LogP contribution in [0.4, 0.5) is 17.6 Å². The second kappa shape index (κ2) is 15.0. The van der Waals surface area contributed by atoms with Crippen LogP contribution >= 0.6 is 0 Å². The summed E-state index contributed by atoms with van der Waals surface area (Å²) in [6.07, 6.45) is -4.46. The van der Waals surface area contributed by atoms with Gasteiger partial charge in [0.25, 0.3) is 0 Å². The largest absolute Gasteiger partial charge is 0.493 e. The first-order chi connectivity index (χ1) is 19.8. The molecule has 0 aromatic heterocycles. The van der Waals surface area contributed by atoms with Gasteiger partial charge in [-0.15, -0.1) is 0 Å². The monoisotopic (exact) mass is 596 g/mol. The molecule has 42 heavy (non-hydrogen) atoms. The Morgan fingerprint density at radius 2 is 1.95 bits per heavy atom. The van der Waals surface area contributed by atoms with Gasteiger partial charge in [0.05, 0.1) is 18.6 Å². The van der Waals surface area contributed by atoms with E-state index in [4.69, 9.17) is 10.5 Å². The van der Waals surface area contributed by atoms with Gasteiger partial charge in [-0.25, -0.2) is 4.39 Å². The van der Waals surface area contributed by atoms with Gasteiger partial charge in [0, 0.05) is 38.5 Å². The molecule has 230 valence electrons. The molecular weight excluding hydrogens is 560 g/mol. The van der Waals surface area contributed by atoms with Crippen molar-refractivity contribution in [2.75, 3.05) is 13.7 Å². The average Bonchev–Trinajstić information content (AvgIpc) is 2.90. The molecule has 1 heterocycles. The van der Waals surface area contributed by atoms with Crippen LogP contribution in [-0.2, 0) is 33.5 Å². The molecule has 0 radical (unpaired) electrons. The average molecular weight is 597 g/mol. The number of carbonyl (C=O) groups excluding carboxylic acids is 3. The van der Waals surface area contributed by atoms with Gasteiger partial charge in [-0.05, 0) is 55.0 Å². The molecule has 1 aliphatic heterocycles. The number of ether oxygens (including phenoxy) is 1. The minimum atomic E-state index is -4.52. The normalized spacial score (nSPS) is 20.0. The van der Waals surface area contributed by atoms with Crippen LogP contribution in [0.15, 0.2) is 42.5 Å². The molecular formula is C29H36F4N4O5. The number of aliphatic hydroxyl groups excluding tert-OH is 1. The van der Waals surface area contributed by atoms with Crippen LogP contribution < -0.4 is 21.1 Å². The third kappa shape index (κ3) is 10.3. The molecule has 3 rings (SSSR count). The van der Waals surface area contributed by atoms with Crippen molar-refractivity contribution in [1.82, 2.24) is 15.5 Å². The Bertz CT molecular complexity index is 1240. The number of likely N-dealkylation sites (N-methyl/N-ethyl adjacent to an activating group) is 1. The molecule has 2 aromatic carbocycles. The smallest absolute Gasteiger partial charge is 0.416 e. The van der Waals surface area contributed by atoms with Gasteiger partial charge in [-0.2, -0.15) is 13.2 Å². The Morgan fingerprint density at radius 3 is 2.67 bits per heavy atom. The van der Waals surface area contributed by atoms with Gasteiger partial charge < -0.3 is 25.8 Å². The number of hydrogen-bond acceptors (Lipinski definition) is 6. The maximum absolute atomic E-state index is 14.4. The number of fused-ring (bicyclic) bond motifs is 2. The standard InChI is InChI=1S/C29H36F4N4O5/c1-37-24(16-25(34)38)28(41)36-22(15-26(39)35-17-18-6-5-7-20(10-18)29(31,32)33)12-19-11-21(30)14-23(13-19)42-9-4-2-3-8-27(37)40/h5-7,10-11,13-14,22,24,26,35,39H,2-4,8-9,12,15-17H2,1H3,(H2,34,38)(H,36,41). The van der Waals surface area contributed by atoms with Crippen LogP contribution in [0.3, 0.4) is 0 Å². The van der Waals surface area contributed by atoms with Crippen molar-refractivity contribution in [2.45, 2.75) is 76.0 Å². The molecule has 9 nitrogen and oxygen atoms in total. The van der Waals surface area contributed by atoms with Gasteiger partial charge in [-0.1, -0.05) is 18.2 Å². The minimum absolute atomic E-state index is 0.0309. The SMILES string of the molecule is CN1C(=O)CCCCCOc2cc(F)cc(c2)CC(CC(O)NCc2cccc(C(F)(F)F)c2)NC(=O)C1CC(N)=O. The molecule has 0 aliphatic carbocycles. The summed E-state index contributed by atoms with van der Waals surface area (Å²) in [7, 11) is 1.40. The van der Waals surface area contributed by atoms with Crippen molar-refractivity contribution in [3.05, 3.63) is 65.0 Å². The lowest BCUT2D eigenvalue weighted by Gasteiger charge is -2.30. The van der Waals surface area contributed by atoms with Crippen LogP contribution in [0.25, 0.3) is 0 Å². The maximum Gasteiger partial charge on any atom is 0.416 e. The highest BCUT2D eigenvalue weighted by atomic mass is 19.4. The van der Waals surface area contributed by atoms with Crippen molar-refractivity contribution >= 4 is 17.7 Å². The van der Waals surface area contributed by atoms with E-state index in [1.54, 1.807) is 6.07 Å². The second-order valence-corrected chi connectivity index (χ2v) is 10.4. The van der Waals surface area contributed by atoms with E-state index in [1.807, 2.05) is 0 Å². The first-order valence-corrected chi connectivity index (χ1v) is 13.7. The van der Waals surface area contributed by atoms with Crippen molar-refractivity contribution in [1.29, 1.82) is 0 Å². The summed E-state index contributed by atoms with van der Waals surface area (Å²) in [6.45, 7) is 0.195. The number of amides is 3. The fourth-order valence-corrected chi connectivity index (χ4v) is 4.73. The lowest BCUT2D eigenvalue weighted by Crippen LogP contribution is -2.53. The molecule has 13 heteroatoms. The number of nitrogens with zero attached hydrogens (tertiary/aromatic N) is 1. The van der Waals surface area contributed by atoms with Crippen molar-refractivity contribution in [2.24, 2.45) is 5.73 Å². The molecule has 2 bridgehead atoms. The Balaban J connectivity index is 1.83. The fourth-order valence-electron chi connectivity index (χ4n) is 4.73. The number of benzene rings is 2. The zero-order valence-corrected chi connectivity index (χ0v) is 23.3. The van der Waals surface area contributed by atoms with Crippen LogP contribution in [0.1, 0.15) is 55.2 Å². The molecule has 1 aliphatic rings. The first-order valence-electron chi connectivity index (χ1n) is 13.7. The van der Waals surface area contributed by atoms with Crippen molar-refractivity contribution in [3.8, 4) is 5.75 Å². The van der Waals surface area contributed by atoms with E-state index < -0.39 is 54.1 Å². The van der Waals surface area contributed by atoms with Crippen LogP contribution in [0, 0.1) is 5.82 Å². The third-order valence-electron chi connectivity index (χ3n) is 6.93. The van der Waals surface area contributed by atoms with E-state index in [1.165, 1.54) is 36.2 Å². The fraction of sp³-hybridized carbons (Fsp3) is 0.483. The van der Waals surface area contributed by atoms with Gasteiger partial charge in [0.15, 0.2) is 0 Å². The quantitative estimate of drug-likeness (QED) is 0.287. The molecule has 3 amide bonds. The predicted molar refractivity (Wildman–Crippen MR) is 145 cm³/mol. The molecule has 0 saturated carbocycles. The lowest BCUT2D eigenvalue weighted by atomic mass is 10.0. The number of halogens is 4. The van der Waals surface area contributed by atoms with Crippen molar-refractivity contribution < 1.29 is 41.8 Å². The number of primary amides is 1. The zero-order valence-electron chi connectivity index (χ0n) is 23.3. The van der Waals surface area contributed by atoms with Crippen LogP contribution in [-0.4, -0.2) is 59.7 Å². The summed E-state index contributed by atoms with van der Waals surface area (Å²) in [4.78, 5) is 39.1. The van der Waals surface area contributed by atoms with E-state index in [2.05, 4.69) is 10.6 Å². The highest BCUT2D eigenvalue weighted by Crippen LogP contribution is 2.29. The van der Waals surface area contributed by atoms with Gasteiger partial charge in [-0.3, -0.25) is 19.7 Å². The summed E-state index contributed by atoms with van der Waals surface area (Å²) in [5.41, 5.74) is 5.26. The van der Waals surface area contributed by atoms with E-state index in [9.17, 15) is 37.1 Å². The van der Waals surface area contributed by atoms with Crippen LogP contribution in [0.5, 0.6) is 5.75 Å². The highest BCUT2D eigenvalue weighted by Gasteiger charge is 2.32. The van der Waals surface area contributed by atoms with Gasteiger partial charge in [0.1, 0.15) is 23.8 Å². The molecule has 3 atom stereocenters. The molecule has 0 spiro atoms. The number of alkyl halides is 3. The van der Waals surface area contributed by atoms with E-state index in [0.29, 0.717) is 31.4 Å². The highest BCUT2D eigenvalue weighted by molar-refractivity contribution is 5.91. The summed E-state index contributed by atoms with van der Waals surface area (Å²) >= 11 is 0. The predicted octanol–water partition coefficient (Wildman–Crippen LogP) is 3.03. The van der Waals surface area contributed by atoms with E-state index in [0.717, 1.165) is 12.1 Å². The topological polar surface area (TPSA) is 134 Å². The van der Waals surface area contributed by atoms with E-state index >= 15 is 0 Å². The summed E-state index contributed by atoms with van der Waals surface area (Å²) in [5, 5.41) is 16.2. The Morgan fingerprint density at radius 1 is 1.19 bits per heavy atom. The molecule has 3 unspecified atom stereocenters. The first kappa shape index (κ1) is 32.8. The third-order valence-corrected chi connectivity index (χ3v) is 6.93. The molecule has 0 saturated heterocycles. The van der Waals surface area contributed by atoms with Gasteiger partial charge in [0.2, 0.25) is 17.7 Å². The number of nitrogens with one attached hydrogen (secondary N) is 2. The second-order valence-electron chi connectivity index (χ2n) is 10.4. The lowest BCUT2D eigenvalue weighted by molar-refractivity contribution is -0.141. The Labute approximate surface area is 241 Å². The number of carbonyl (C=O) groups is 3. The minimum Gasteiger partial charge on any atom is -0.493 e. The number of nitrogens with two attached hydrogens (primary N) is 1. The number of hydrogen-bond donors (Lipinski definition) is 4. The summed E-state index contributed by atoms with van der Waals surface area (Å²) < 4.78 is 59.3. The molecule has 5 N–H and O–H groups in total. The zero-order chi connectivity index (χ0) is 30.9. The van der Waals surface area contributed by atoms with Gasteiger partial charge >= 0.3 is 6.18 Å². The summed E-state index contributed by atoms with van der Waals surface area (Å²) in [6, 6.07) is 6.68. The van der Waals surface area contributed by atoms with Crippen molar-refractivity contribution in [3.63, 3.8) is 0 Å². The Kier molecular flexibility index (Phi) is 11.7. The van der Waals surface area contributed by atoms with Crippen LogP contribution in [0.2, 0.25) is 0 Å². The summed E-state index contributed by atoms with van der Waals surface area (Å²) in [5.74, 6) is -2.12. The number of aliphatic hydroxyl groups is 1. The van der Waals surface area contributed by atoms with E-state index in [-0.39, 0.29) is 43.0 Å². The molecule has 2 aromatic rings.